The normalized spacial score (nSPS) is 22.0. The van der Waals surface area contributed by atoms with Crippen molar-refractivity contribution in [3.8, 4) is 0 Å². The summed E-state index contributed by atoms with van der Waals surface area (Å²) in [5, 5.41) is 10.7. The van der Waals surface area contributed by atoms with Crippen LogP contribution in [0.3, 0.4) is 0 Å². The Morgan fingerprint density at radius 1 is 1.28 bits per heavy atom. The summed E-state index contributed by atoms with van der Waals surface area (Å²) in [6, 6.07) is 10.7. The van der Waals surface area contributed by atoms with E-state index in [0.717, 1.165) is 12.0 Å². The van der Waals surface area contributed by atoms with E-state index in [4.69, 9.17) is 11.6 Å². The van der Waals surface area contributed by atoms with Gasteiger partial charge in [0.05, 0.1) is 6.61 Å². The first-order valence-corrected chi connectivity index (χ1v) is 10.0. The Morgan fingerprint density at radius 3 is 2.80 bits per heavy atom. The highest BCUT2D eigenvalue weighted by atomic mass is 35.5. The van der Waals surface area contributed by atoms with Crippen molar-refractivity contribution in [1.82, 2.24) is 9.29 Å². The minimum Gasteiger partial charge on any atom is -0.396 e. The number of rotatable bonds is 5. The number of piperidine rings is 1. The van der Waals surface area contributed by atoms with Gasteiger partial charge in [-0.05, 0) is 49.1 Å². The number of hydrogen-bond acceptors (Lipinski definition) is 4. The number of sulfonamides is 1. The summed E-state index contributed by atoms with van der Waals surface area (Å²) in [4.78, 5) is 4.10. The molecule has 1 atom stereocenters. The van der Waals surface area contributed by atoms with Gasteiger partial charge in [-0.15, -0.1) is 0 Å². The lowest BCUT2D eigenvalue weighted by Crippen LogP contribution is -2.48. The van der Waals surface area contributed by atoms with E-state index in [9.17, 15) is 13.5 Å². The SMILES string of the molecule is O=S(=O)(c1cccnc1)N1CCC[C@](CO)(Cc2cccc(Cl)c2)C1. The number of halogens is 1. The minimum absolute atomic E-state index is 0.0709. The Bertz CT molecular complexity index is 829. The molecule has 0 saturated carbocycles. The summed E-state index contributed by atoms with van der Waals surface area (Å²) in [6.07, 6.45) is 4.98. The molecule has 134 valence electrons. The molecule has 1 N–H and O–H groups in total. The van der Waals surface area contributed by atoms with Crippen LogP contribution in [0.1, 0.15) is 18.4 Å². The second kappa shape index (κ2) is 7.41. The molecule has 2 aromatic rings. The molecule has 0 bridgehead atoms. The molecule has 25 heavy (non-hydrogen) atoms. The maximum atomic E-state index is 12.9. The zero-order chi connectivity index (χ0) is 17.9. The van der Waals surface area contributed by atoms with E-state index in [1.54, 1.807) is 24.4 Å². The lowest BCUT2D eigenvalue weighted by Gasteiger charge is -2.41. The predicted molar refractivity (Wildman–Crippen MR) is 96.9 cm³/mol. The Hall–Kier alpha value is -1.47. The Kier molecular flexibility index (Phi) is 5.43. The third-order valence-corrected chi connectivity index (χ3v) is 6.77. The molecule has 1 saturated heterocycles. The summed E-state index contributed by atoms with van der Waals surface area (Å²) < 4.78 is 27.2. The fourth-order valence-corrected chi connectivity index (χ4v) is 5.19. The van der Waals surface area contributed by atoms with Crippen LogP contribution in [-0.2, 0) is 16.4 Å². The summed E-state index contributed by atoms with van der Waals surface area (Å²) in [5.41, 5.74) is 0.500. The fourth-order valence-electron chi connectivity index (χ4n) is 3.43. The van der Waals surface area contributed by atoms with Crippen molar-refractivity contribution in [1.29, 1.82) is 0 Å². The van der Waals surface area contributed by atoms with E-state index in [1.165, 1.54) is 10.5 Å². The summed E-state index contributed by atoms with van der Waals surface area (Å²) in [7, 11) is -3.61. The van der Waals surface area contributed by atoms with Gasteiger partial charge in [0, 0.05) is 35.9 Å². The van der Waals surface area contributed by atoms with Gasteiger partial charge in [-0.3, -0.25) is 4.98 Å². The molecule has 1 aliphatic rings. The average molecular weight is 381 g/mol. The van der Waals surface area contributed by atoms with Crippen molar-refractivity contribution < 1.29 is 13.5 Å². The third-order valence-electron chi connectivity index (χ3n) is 4.70. The van der Waals surface area contributed by atoms with Gasteiger partial charge in [-0.1, -0.05) is 23.7 Å². The highest BCUT2D eigenvalue weighted by Crippen LogP contribution is 2.36. The topological polar surface area (TPSA) is 70.5 Å². The molecular formula is C18H21ClN2O3S. The molecular weight excluding hydrogens is 360 g/mol. The Balaban J connectivity index is 1.85. The van der Waals surface area contributed by atoms with Crippen molar-refractivity contribution in [2.75, 3.05) is 19.7 Å². The molecule has 3 rings (SSSR count). The zero-order valence-corrected chi connectivity index (χ0v) is 15.4. The van der Waals surface area contributed by atoms with Crippen LogP contribution in [0.4, 0.5) is 0 Å². The van der Waals surface area contributed by atoms with Crippen LogP contribution >= 0.6 is 11.6 Å². The van der Waals surface area contributed by atoms with Crippen LogP contribution in [-0.4, -0.2) is 42.5 Å². The van der Waals surface area contributed by atoms with Gasteiger partial charge < -0.3 is 5.11 Å². The smallest absolute Gasteiger partial charge is 0.244 e. The van der Waals surface area contributed by atoms with E-state index in [0.29, 0.717) is 24.4 Å². The molecule has 1 aromatic carbocycles. The highest BCUT2D eigenvalue weighted by molar-refractivity contribution is 7.89. The van der Waals surface area contributed by atoms with E-state index < -0.39 is 15.4 Å². The Labute approximate surface area is 153 Å². The molecule has 5 nitrogen and oxygen atoms in total. The van der Waals surface area contributed by atoms with Crippen LogP contribution in [0.15, 0.2) is 53.7 Å². The predicted octanol–water partition coefficient (Wildman–Crippen LogP) is 2.74. The van der Waals surface area contributed by atoms with Crippen LogP contribution in [0.2, 0.25) is 5.02 Å². The van der Waals surface area contributed by atoms with Crippen LogP contribution < -0.4 is 0 Å². The molecule has 1 fully saturated rings. The second-order valence-corrected chi connectivity index (χ2v) is 8.97. The molecule has 0 unspecified atom stereocenters. The van der Waals surface area contributed by atoms with Crippen LogP contribution in [0.5, 0.6) is 0 Å². The first-order chi connectivity index (χ1) is 12.0. The molecule has 1 aliphatic heterocycles. The molecule has 0 spiro atoms. The van der Waals surface area contributed by atoms with Gasteiger partial charge in [0.25, 0.3) is 0 Å². The maximum absolute atomic E-state index is 12.9. The highest BCUT2D eigenvalue weighted by Gasteiger charge is 2.40. The van der Waals surface area contributed by atoms with Crippen LogP contribution in [0.25, 0.3) is 0 Å². The number of pyridine rings is 1. The quantitative estimate of drug-likeness (QED) is 0.865. The van der Waals surface area contributed by atoms with E-state index >= 15 is 0 Å². The summed E-state index contributed by atoms with van der Waals surface area (Å²) in [5.74, 6) is 0. The van der Waals surface area contributed by atoms with Gasteiger partial charge in [0.15, 0.2) is 0 Å². The van der Waals surface area contributed by atoms with Gasteiger partial charge in [-0.25, -0.2) is 8.42 Å². The molecule has 0 radical (unpaired) electrons. The number of aromatic nitrogens is 1. The van der Waals surface area contributed by atoms with Crippen molar-refractivity contribution >= 4 is 21.6 Å². The molecule has 0 amide bonds. The lowest BCUT2D eigenvalue weighted by atomic mass is 9.76. The largest absolute Gasteiger partial charge is 0.396 e. The van der Waals surface area contributed by atoms with Gasteiger partial charge in [-0.2, -0.15) is 4.31 Å². The molecule has 2 heterocycles. The molecule has 1 aromatic heterocycles. The third kappa shape index (κ3) is 4.03. The number of benzene rings is 1. The lowest BCUT2D eigenvalue weighted by molar-refractivity contribution is 0.0645. The number of hydrogen-bond donors (Lipinski definition) is 1. The molecule has 0 aliphatic carbocycles. The Morgan fingerprint density at radius 2 is 2.12 bits per heavy atom. The van der Waals surface area contributed by atoms with Crippen molar-refractivity contribution in [2.24, 2.45) is 5.41 Å². The molecule has 7 heteroatoms. The second-order valence-electron chi connectivity index (χ2n) is 6.60. The van der Waals surface area contributed by atoms with Gasteiger partial charge in [0.2, 0.25) is 10.0 Å². The minimum atomic E-state index is -3.61. The average Bonchev–Trinajstić information content (AvgIpc) is 2.62. The van der Waals surface area contributed by atoms with Crippen molar-refractivity contribution in [3.05, 3.63) is 59.4 Å². The monoisotopic (exact) mass is 380 g/mol. The summed E-state index contributed by atoms with van der Waals surface area (Å²) in [6.45, 7) is 0.667. The first-order valence-electron chi connectivity index (χ1n) is 8.21. The number of aliphatic hydroxyl groups excluding tert-OH is 1. The van der Waals surface area contributed by atoms with Gasteiger partial charge in [0.1, 0.15) is 4.90 Å². The van der Waals surface area contributed by atoms with Crippen molar-refractivity contribution in [3.63, 3.8) is 0 Å². The summed E-state index contributed by atoms with van der Waals surface area (Å²) >= 11 is 6.06. The van der Waals surface area contributed by atoms with E-state index in [2.05, 4.69) is 4.98 Å². The zero-order valence-electron chi connectivity index (χ0n) is 13.8. The number of aliphatic hydroxyl groups is 1. The fraction of sp³-hybridized carbons (Fsp3) is 0.389. The maximum Gasteiger partial charge on any atom is 0.244 e. The standard InChI is InChI=1S/C18H21ClN2O3S/c19-16-5-1-4-15(10-16)11-18(14-22)7-3-9-21(13-18)25(23,24)17-6-2-8-20-12-17/h1-2,4-6,8,10,12,22H,3,7,9,11,13-14H2/t18-/m0/s1. The van der Waals surface area contributed by atoms with Gasteiger partial charge >= 0.3 is 0 Å². The van der Waals surface area contributed by atoms with E-state index in [1.807, 2.05) is 18.2 Å². The van der Waals surface area contributed by atoms with Crippen LogP contribution in [0, 0.1) is 5.41 Å². The number of nitrogens with zero attached hydrogens (tertiary/aromatic N) is 2. The first kappa shape index (κ1) is 18.3. The van der Waals surface area contributed by atoms with E-state index in [-0.39, 0.29) is 18.0 Å². The van der Waals surface area contributed by atoms with Crippen molar-refractivity contribution in [2.45, 2.75) is 24.2 Å².